The van der Waals surface area contributed by atoms with Gasteiger partial charge in [0, 0.05) is 0 Å². The van der Waals surface area contributed by atoms with E-state index < -0.39 is 59.1 Å². The van der Waals surface area contributed by atoms with E-state index in [1.165, 1.54) is 0 Å². The Labute approximate surface area is 140 Å². The van der Waals surface area contributed by atoms with Crippen LogP contribution in [0.25, 0.3) is 0 Å². The molecule has 0 saturated carbocycles. The second-order valence-electron chi connectivity index (χ2n) is 7.60. The van der Waals surface area contributed by atoms with Crippen molar-refractivity contribution < 1.29 is 38.8 Å². The van der Waals surface area contributed by atoms with Crippen LogP contribution in [0.15, 0.2) is 11.5 Å². The van der Waals surface area contributed by atoms with Crippen LogP contribution in [0.3, 0.4) is 0 Å². The number of aliphatic hydroxyl groups is 2. The molecule has 1 aliphatic heterocycles. The van der Waals surface area contributed by atoms with Crippen molar-refractivity contribution in [1.29, 1.82) is 0 Å². The smallest absolute Gasteiger partial charge is 0.378 e. The van der Waals surface area contributed by atoms with Gasteiger partial charge in [-0.1, -0.05) is 0 Å². The summed E-state index contributed by atoms with van der Waals surface area (Å²) in [5.41, 5.74) is -1.65. The monoisotopic (exact) mass is 344 g/mol. The first kappa shape index (κ1) is 19.8. The molecule has 2 N–H and O–H groups in total. The van der Waals surface area contributed by atoms with Crippen molar-refractivity contribution >= 4 is 17.9 Å². The Morgan fingerprint density at radius 1 is 1.08 bits per heavy atom. The van der Waals surface area contributed by atoms with Crippen LogP contribution >= 0.6 is 0 Å². The van der Waals surface area contributed by atoms with Crippen molar-refractivity contribution in [3.63, 3.8) is 0 Å². The number of aliphatic hydroxyl groups excluding tert-OH is 2. The lowest BCUT2D eigenvalue weighted by atomic mass is 9.97. The maximum atomic E-state index is 12.1. The van der Waals surface area contributed by atoms with Crippen LogP contribution in [0.5, 0.6) is 0 Å². The summed E-state index contributed by atoms with van der Waals surface area (Å²) in [6.07, 6.45) is -2.71. The van der Waals surface area contributed by atoms with Gasteiger partial charge in [0.1, 0.15) is 6.61 Å². The molecule has 0 unspecified atom stereocenters. The largest absolute Gasteiger partial charge is 0.505 e. The highest BCUT2D eigenvalue weighted by atomic mass is 16.6. The van der Waals surface area contributed by atoms with E-state index in [1.807, 2.05) is 0 Å². The minimum Gasteiger partial charge on any atom is -0.505 e. The van der Waals surface area contributed by atoms with Gasteiger partial charge in [0.05, 0.1) is 10.8 Å². The SMILES string of the molecule is CC(C)(C)C(=O)OC[C@H](OC(=O)C(C)(C)C)[C@H]1OC(=O)C(O)=C1O. The molecular formula is C16H24O8. The fourth-order valence-corrected chi connectivity index (χ4v) is 1.59. The summed E-state index contributed by atoms with van der Waals surface area (Å²) in [6.45, 7) is 9.33. The second kappa shape index (κ2) is 6.70. The van der Waals surface area contributed by atoms with Crippen LogP contribution in [-0.2, 0) is 28.6 Å². The minimum atomic E-state index is -1.43. The molecular weight excluding hydrogens is 320 g/mol. The zero-order valence-corrected chi connectivity index (χ0v) is 14.7. The topological polar surface area (TPSA) is 119 Å². The first-order valence-corrected chi connectivity index (χ1v) is 7.46. The molecule has 8 heteroatoms. The molecule has 1 aliphatic rings. The molecule has 2 atom stereocenters. The van der Waals surface area contributed by atoms with Gasteiger partial charge in [0.2, 0.25) is 11.9 Å². The first-order chi connectivity index (χ1) is 10.7. The molecule has 0 radical (unpaired) electrons. The molecule has 0 aliphatic carbocycles. The van der Waals surface area contributed by atoms with Crippen molar-refractivity contribution in [2.24, 2.45) is 10.8 Å². The van der Waals surface area contributed by atoms with E-state index in [9.17, 15) is 24.6 Å². The summed E-state index contributed by atoms with van der Waals surface area (Å²) >= 11 is 0. The number of hydrogen-bond donors (Lipinski definition) is 2. The summed E-state index contributed by atoms with van der Waals surface area (Å²) in [5, 5.41) is 19.2. The van der Waals surface area contributed by atoms with Crippen molar-refractivity contribution in [3.8, 4) is 0 Å². The Morgan fingerprint density at radius 2 is 1.58 bits per heavy atom. The number of hydrogen-bond acceptors (Lipinski definition) is 8. The lowest BCUT2D eigenvalue weighted by Crippen LogP contribution is -2.41. The van der Waals surface area contributed by atoms with E-state index in [-0.39, 0.29) is 0 Å². The molecule has 0 spiro atoms. The highest BCUT2D eigenvalue weighted by molar-refractivity contribution is 5.89. The third kappa shape index (κ3) is 4.62. The Hall–Kier alpha value is -2.25. The summed E-state index contributed by atoms with van der Waals surface area (Å²) in [5.74, 6) is -4.07. The van der Waals surface area contributed by atoms with Gasteiger partial charge in [-0.15, -0.1) is 0 Å². The predicted octanol–water partition coefficient (Wildman–Crippen LogP) is 1.79. The highest BCUT2D eigenvalue weighted by Crippen LogP contribution is 2.26. The summed E-state index contributed by atoms with van der Waals surface area (Å²) in [7, 11) is 0. The number of carbonyl (C=O) groups is 3. The second-order valence-corrected chi connectivity index (χ2v) is 7.60. The quantitative estimate of drug-likeness (QED) is 0.585. The van der Waals surface area contributed by atoms with Crippen molar-refractivity contribution in [3.05, 3.63) is 11.5 Å². The maximum Gasteiger partial charge on any atom is 0.378 e. The maximum absolute atomic E-state index is 12.1. The molecule has 1 heterocycles. The molecule has 0 aromatic carbocycles. The lowest BCUT2D eigenvalue weighted by molar-refractivity contribution is -0.179. The number of carbonyl (C=O) groups excluding carboxylic acids is 3. The average Bonchev–Trinajstić information content (AvgIpc) is 2.68. The number of rotatable bonds is 4. The van der Waals surface area contributed by atoms with E-state index in [2.05, 4.69) is 0 Å². The normalized spacial score (nSPS) is 19.8. The fraction of sp³-hybridized carbons (Fsp3) is 0.688. The lowest BCUT2D eigenvalue weighted by Gasteiger charge is -2.27. The Balaban J connectivity index is 2.95. The average molecular weight is 344 g/mol. The Morgan fingerprint density at radius 3 is 1.96 bits per heavy atom. The molecule has 8 nitrogen and oxygen atoms in total. The predicted molar refractivity (Wildman–Crippen MR) is 81.9 cm³/mol. The van der Waals surface area contributed by atoms with E-state index in [0.717, 1.165) is 0 Å². The molecule has 136 valence electrons. The molecule has 0 amide bonds. The standard InChI is InChI=1S/C16H24O8/c1-15(2,3)13(20)22-7-8(23-14(21)16(4,5)6)11-9(17)10(18)12(19)24-11/h8,11,17-18H,7H2,1-6H3/t8-,11+/m0/s1. The third-order valence-electron chi connectivity index (χ3n) is 3.14. The Bertz CT molecular complexity index is 562. The van der Waals surface area contributed by atoms with Gasteiger partial charge >= 0.3 is 17.9 Å². The minimum absolute atomic E-state index is 0.437. The van der Waals surface area contributed by atoms with Crippen LogP contribution in [-0.4, -0.2) is 46.9 Å². The zero-order chi connectivity index (χ0) is 18.9. The van der Waals surface area contributed by atoms with Gasteiger partial charge in [-0.3, -0.25) is 9.59 Å². The van der Waals surface area contributed by atoms with Gasteiger partial charge in [0.25, 0.3) is 0 Å². The van der Waals surface area contributed by atoms with Crippen molar-refractivity contribution in [2.45, 2.75) is 53.8 Å². The van der Waals surface area contributed by atoms with Gasteiger partial charge in [-0.2, -0.15) is 0 Å². The zero-order valence-electron chi connectivity index (χ0n) is 14.7. The first-order valence-electron chi connectivity index (χ1n) is 7.46. The highest BCUT2D eigenvalue weighted by Gasteiger charge is 2.44. The van der Waals surface area contributed by atoms with Crippen LogP contribution in [0.4, 0.5) is 0 Å². The van der Waals surface area contributed by atoms with E-state index in [0.29, 0.717) is 0 Å². The Kier molecular flexibility index (Phi) is 5.53. The van der Waals surface area contributed by atoms with Gasteiger partial charge in [-0.05, 0) is 41.5 Å². The van der Waals surface area contributed by atoms with Crippen molar-refractivity contribution in [2.75, 3.05) is 6.61 Å². The summed E-state index contributed by atoms with van der Waals surface area (Å²) < 4.78 is 15.1. The third-order valence-corrected chi connectivity index (χ3v) is 3.14. The molecule has 0 saturated heterocycles. The van der Waals surface area contributed by atoms with Crippen LogP contribution in [0.1, 0.15) is 41.5 Å². The number of cyclic esters (lactones) is 1. The molecule has 0 bridgehead atoms. The van der Waals surface area contributed by atoms with Crippen LogP contribution in [0, 0.1) is 10.8 Å². The molecule has 24 heavy (non-hydrogen) atoms. The van der Waals surface area contributed by atoms with Crippen molar-refractivity contribution in [1.82, 2.24) is 0 Å². The van der Waals surface area contributed by atoms with E-state index >= 15 is 0 Å². The summed E-state index contributed by atoms with van der Waals surface area (Å²) in [6, 6.07) is 0. The summed E-state index contributed by atoms with van der Waals surface area (Å²) in [4.78, 5) is 35.3. The number of ether oxygens (including phenoxy) is 3. The van der Waals surface area contributed by atoms with Crippen LogP contribution < -0.4 is 0 Å². The van der Waals surface area contributed by atoms with Gasteiger partial charge in [-0.25, -0.2) is 4.79 Å². The van der Waals surface area contributed by atoms with E-state index in [1.54, 1.807) is 41.5 Å². The molecule has 0 fully saturated rings. The fourth-order valence-electron chi connectivity index (χ4n) is 1.59. The molecule has 1 rings (SSSR count). The van der Waals surface area contributed by atoms with E-state index in [4.69, 9.17) is 14.2 Å². The number of esters is 3. The van der Waals surface area contributed by atoms with Gasteiger partial charge < -0.3 is 24.4 Å². The van der Waals surface area contributed by atoms with Gasteiger partial charge in [0.15, 0.2) is 11.9 Å². The molecule has 0 aromatic rings. The van der Waals surface area contributed by atoms with Crippen LogP contribution in [0.2, 0.25) is 0 Å². The molecule has 0 aromatic heterocycles.